The topological polar surface area (TPSA) is 74.7 Å². The minimum Gasteiger partial charge on any atom is -0.400 e. The molecule has 28 heavy (non-hydrogen) atoms. The van der Waals surface area contributed by atoms with Crippen LogP contribution in [0.25, 0.3) is 11.1 Å². The number of aliphatic hydroxyl groups is 1. The molecular formula is C22H28ClNO4. The van der Waals surface area contributed by atoms with Crippen molar-refractivity contribution in [3.05, 3.63) is 59.7 Å². The molecule has 0 atom stereocenters. The first-order valence-corrected chi connectivity index (χ1v) is 9.34. The number of nitrogens with zero attached hydrogens (tertiary/aromatic N) is 1. The summed E-state index contributed by atoms with van der Waals surface area (Å²) < 4.78 is 0. The Balaban J connectivity index is 0.00000111. The van der Waals surface area contributed by atoms with Crippen LogP contribution >= 0.6 is 11.6 Å². The minimum absolute atomic E-state index is 0.0845. The number of fused-ring (bicyclic) bond motifs is 3. The third-order valence-corrected chi connectivity index (χ3v) is 4.20. The molecule has 3 rings (SSSR count). The van der Waals surface area contributed by atoms with Crippen LogP contribution in [-0.4, -0.2) is 55.1 Å². The zero-order valence-electron chi connectivity index (χ0n) is 16.6. The number of benzene rings is 2. The van der Waals surface area contributed by atoms with E-state index in [2.05, 4.69) is 24.3 Å². The van der Waals surface area contributed by atoms with Gasteiger partial charge in [-0.05, 0) is 33.9 Å². The van der Waals surface area contributed by atoms with Gasteiger partial charge in [-0.3, -0.25) is 9.69 Å². The van der Waals surface area contributed by atoms with Crippen molar-refractivity contribution in [2.24, 2.45) is 0 Å². The Morgan fingerprint density at radius 3 is 1.86 bits per heavy atom. The first-order valence-electron chi connectivity index (χ1n) is 8.97. The van der Waals surface area contributed by atoms with E-state index in [1.54, 1.807) is 4.90 Å². The highest BCUT2D eigenvalue weighted by molar-refractivity contribution is 6.64. The lowest BCUT2D eigenvalue weighted by Gasteiger charge is -2.23. The predicted molar refractivity (Wildman–Crippen MR) is 114 cm³/mol. The molecular weight excluding hydrogens is 378 g/mol. The number of carbonyl (C=O) groups excluding carboxylic acids is 3. The molecule has 0 spiro atoms. The molecule has 152 valence electrons. The van der Waals surface area contributed by atoms with Crippen molar-refractivity contribution in [1.29, 1.82) is 0 Å². The third-order valence-electron chi connectivity index (χ3n) is 4.08. The number of aldehydes is 1. The molecule has 2 aromatic carbocycles. The van der Waals surface area contributed by atoms with E-state index < -0.39 is 5.24 Å². The Labute approximate surface area is 171 Å². The lowest BCUT2D eigenvalue weighted by atomic mass is 9.96. The lowest BCUT2D eigenvalue weighted by Crippen LogP contribution is -2.33. The Hall–Kier alpha value is -2.34. The van der Waals surface area contributed by atoms with Gasteiger partial charge in [-0.25, -0.2) is 0 Å². The van der Waals surface area contributed by atoms with Crippen LogP contribution in [0.3, 0.4) is 0 Å². The van der Waals surface area contributed by atoms with E-state index in [0.717, 1.165) is 13.4 Å². The molecule has 6 heteroatoms. The summed E-state index contributed by atoms with van der Waals surface area (Å²) in [6.07, 6.45) is 0.812. The summed E-state index contributed by atoms with van der Waals surface area (Å²) in [6, 6.07) is 16.6. The molecule has 0 saturated carbocycles. The van der Waals surface area contributed by atoms with E-state index in [4.69, 9.17) is 21.5 Å². The van der Waals surface area contributed by atoms with Gasteiger partial charge < -0.3 is 14.7 Å². The summed E-state index contributed by atoms with van der Waals surface area (Å²) in [6.45, 7) is 6.89. The largest absolute Gasteiger partial charge is 0.400 e. The first kappa shape index (κ1) is 25.7. The molecule has 0 amide bonds. The van der Waals surface area contributed by atoms with E-state index in [0.29, 0.717) is 6.54 Å². The number of hydrogen-bond acceptors (Lipinski definition) is 5. The van der Waals surface area contributed by atoms with Crippen LogP contribution < -0.4 is 0 Å². The maximum atomic E-state index is 11.2. The highest BCUT2D eigenvalue weighted by Gasteiger charge is 2.29. The lowest BCUT2D eigenvalue weighted by molar-refractivity contribution is -0.114. The van der Waals surface area contributed by atoms with Gasteiger partial charge in [0, 0.05) is 19.6 Å². The monoisotopic (exact) mass is 405 g/mol. The smallest absolute Gasteiger partial charge is 0.235 e. The second kappa shape index (κ2) is 14.7. The summed E-state index contributed by atoms with van der Waals surface area (Å²) in [5.41, 5.74) is 4.93. The van der Waals surface area contributed by atoms with Crippen LogP contribution in [-0.2, 0) is 14.4 Å². The molecule has 0 aromatic heterocycles. The van der Waals surface area contributed by atoms with Crippen molar-refractivity contribution >= 4 is 29.9 Å². The molecule has 0 radical (unpaired) electrons. The fourth-order valence-electron chi connectivity index (χ4n) is 3.20. The average Bonchev–Trinajstić information content (AvgIpc) is 3.06. The van der Waals surface area contributed by atoms with Crippen molar-refractivity contribution in [2.45, 2.75) is 19.8 Å². The summed E-state index contributed by atoms with van der Waals surface area (Å²) in [5, 5.41) is 6.56. The second-order valence-electron chi connectivity index (χ2n) is 5.44. The molecule has 1 aliphatic rings. The number of hydrogen-bond donors (Lipinski definition) is 1. The molecule has 0 heterocycles. The van der Waals surface area contributed by atoms with Gasteiger partial charge in [0.05, 0.1) is 13.1 Å². The molecule has 2 aromatic rings. The van der Waals surface area contributed by atoms with Crippen molar-refractivity contribution < 1.29 is 19.5 Å². The summed E-state index contributed by atoms with van der Waals surface area (Å²) in [5.74, 6) is 0.156. The molecule has 0 unspecified atom stereocenters. The number of halogens is 1. The van der Waals surface area contributed by atoms with Gasteiger partial charge in [0.25, 0.3) is 0 Å². The number of aliphatic hydroxyl groups excluding tert-OH is 1. The van der Waals surface area contributed by atoms with E-state index in [9.17, 15) is 9.59 Å². The van der Waals surface area contributed by atoms with Crippen molar-refractivity contribution in [3.8, 4) is 11.1 Å². The van der Waals surface area contributed by atoms with Crippen LogP contribution in [0.5, 0.6) is 0 Å². The maximum Gasteiger partial charge on any atom is 0.235 e. The molecule has 0 fully saturated rings. The van der Waals surface area contributed by atoms with Crippen LogP contribution in [0.1, 0.15) is 30.9 Å². The highest BCUT2D eigenvalue weighted by Crippen LogP contribution is 2.44. The SMILES string of the molecule is C=O.CC.CO.O=CCN(CC(=O)Cl)CC1c2ccccc2-c2ccccc21. The third kappa shape index (κ3) is 6.68. The van der Waals surface area contributed by atoms with E-state index in [1.807, 2.05) is 44.9 Å². The van der Waals surface area contributed by atoms with Gasteiger partial charge in [-0.2, -0.15) is 0 Å². The molecule has 5 nitrogen and oxygen atoms in total. The molecule has 0 bridgehead atoms. The van der Waals surface area contributed by atoms with Gasteiger partial charge in [0.15, 0.2) is 0 Å². The van der Waals surface area contributed by atoms with E-state index >= 15 is 0 Å². The second-order valence-corrected chi connectivity index (χ2v) is 5.86. The number of rotatable bonds is 6. The van der Waals surface area contributed by atoms with Gasteiger partial charge in [0.2, 0.25) is 5.24 Å². The van der Waals surface area contributed by atoms with Gasteiger partial charge in [0.1, 0.15) is 13.1 Å². The Kier molecular flexibility index (Phi) is 13.5. The fraction of sp³-hybridized carbons (Fsp3) is 0.318. The van der Waals surface area contributed by atoms with E-state index in [-0.39, 0.29) is 19.0 Å². The van der Waals surface area contributed by atoms with Gasteiger partial charge >= 0.3 is 0 Å². The summed E-state index contributed by atoms with van der Waals surface area (Å²) in [7, 11) is 1.00. The Morgan fingerprint density at radius 1 is 1.04 bits per heavy atom. The first-order chi connectivity index (χ1) is 13.7. The molecule has 1 N–H and O–H groups in total. The molecule has 0 saturated heterocycles. The summed E-state index contributed by atoms with van der Waals surface area (Å²) in [4.78, 5) is 31.9. The van der Waals surface area contributed by atoms with Crippen LogP contribution in [0, 0.1) is 0 Å². The zero-order chi connectivity index (χ0) is 21.5. The minimum atomic E-state index is -0.443. The fourth-order valence-corrected chi connectivity index (χ4v) is 3.37. The maximum absolute atomic E-state index is 11.2. The quantitative estimate of drug-likeness (QED) is 0.588. The predicted octanol–water partition coefficient (Wildman–Crippen LogP) is 3.52. The van der Waals surface area contributed by atoms with E-state index in [1.165, 1.54) is 22.3 Å². The Bertz CT molecular complexity index is 690. The van der Waals surface area contributed by atoms with Gasteiger partial charge in [-0.1, -0.05) is 62.4 Å². The summed E-state index contributed by atoms with van der Waals surface area (Å²) >= 11 is 5.50. The van der Waals surface area contributed by atoms with Gasteiger partial charge in [-0.15, -0.1) is 0 Å². The highest BCUT2D eigenvalue weighted by atomic mass is 35.5. The van der Waals surface area contributed by atoms with Crippen molar-refractivity contribution in [3.63, 3.8) is 0 Å². The molecule has 1 aliphatic carbocycles. The van der Waals surface area contributed by atoms with Crippen LogP contribution in [0.15, 0.2) is 48.5 Å². The van der Waals surface area contributed by atoms with Crippen molar-refractivity contribution in [1.82, 2.24) is 4.90 Å². The number of carbonyl (C=O) groups is 3. The Morgan fingerprint density at radius 2 is 1.46 bits per heavy atom. The normalized spacial score (nSPS) is 10.8. The zero-order valence-corrected chi connectivity index (χ0v) is 17.4. The molecule has 0 aliphatic heterocycles. The van der Waals surface area contributed by atoms with Crippen LogP contribution in [0.2, 0.25) is 0 Å². The average molecular weight is 406 g/mol. The van der Waals surface area contributed by atoms with Crippen LogP contribution in [0.4, 0.5) is 0 Å². The van der Waals surface area contributed by atoms with Crippen molar-refractivity contribution in [2.75, 3.05) is 26.7 Å². The standard InChI is InChI=1S/C18H16ClNO2.C2H6.CH4O.CH2O/c19-18(22)12-20(9-10-21)11-17-15-7-3-1-5-13(15)14-6-2-4-8-16(14)17;3*1-2/h1-8,10,17H,9,11-12H2;1-2H3;2H,1H3;1H2.